The maximum atomic E-state index is 10.7. The Bertz CT molecular complexity index is 419. The number of carboxylic acid groups (broad SMARTS) is 1. The summed E-state index contributed by atoms with van der Waals surface area (Å²) >= 11 is 1.35. The van der Waals surface area contributed by atoms with Gasteiger partial charge in [0.15, 0.2) is 10.8 Å². The summed E-state index contributed by atoms with van der Waals surface area (Å²) < 4.78 is 0. The third kappa shape index (κ3) is 3.20. The molecule has 1 aromatic heterocycles. The van der Waals surface area contributed by atoms with Crippen LogP contribution in [0.5, 0.6) is 0 Å². The summed E-state index contributed by atoms with van der Waals surface area (Å²) in [5.74, 6) is -0.337. The van der Waals surface area contributed by atoms with Crippen LogP contribution in [0.15, 0.2) is 5.38 Å². The van der Waals surface area contributed by atoms with Gasteiger partial charge < -0.3 is 15.3 Å². The molecule has 1 aromatic rings. The minimum atomic E-state index is -0.967. The van der Waals surface area contributed by atoms with Crippen LogP contribution in [0.3, 0.4) is 0 Å². The summed E-state index contributed by atoms with van der Waals surface area (Å²) in [6.45, 7) is 7.57. The first kappa shape index (κ1) is 13.3. The normalized spacial score (nSPS) is 20.5. The molecule has 1 fully saturated rings. The van der Waals surface area contributed by atoms with Gasteiger partial charge in [0.1, 0.15) is 0 Å². The number of aromatic nitrogens is 1. The molecule has 6 heteroatoms. The molecule has 18 heavy (non-hydrogen) atoms. The fourth-order valence-corrected chi connectivity index (χ4v) is 2.88. The standard InChI is InChI=1S/C12H19N3O2S/c1-8(2)15-4-3-9(6-15)5-13-12-14-10(7-18-12)11(16)17/h7-9H,3-6H2,1-2H3,(H,13,14)(H,16,17). The third-order valence-electron chi connectivity index (χ3n) is 3.31. The van der Waals surface area contributed by atoms with E-state index in [1.807, 2.05) is 0 Å². The van der Waals surface area contributed by atoms with Crippen LogP contribution < -0.4 is 5.32 Å². The van der Waals surface area contributed by atoms with Gasteiger partial charge >= 0.3 is 5.97 Å². The number of thiazole rings is 1. The fraction of sp³-hybridized carbons (Fsp3) is 0.667. The SMILES string of the molecule is CC(C)N1CCC(CNc2nc(C(=O)O)cs2)C1. The highest BCUT2D eigenvalue weighted by Crippen LogP contribution is 2.21. The van der Waals surface area contributed by atoms with E-state index in [0.717, 1.165) is 19.6 Å². The Morgan fingerprint density at radius 3 is 3.06 bits per heavy atom. The zero-order valence-corrected chi connectivity index (χ0v) is 11.5. The Morgan fingerprint density at radius 1 is 1.72 bits per heavy atom. The van der Waals surface area contributed by atoms with Crippen LogP contribution in [-0.4, -0.2) is 46.6 Å². The van der Waals surface area contributed by atoms with Gasteiger partial charge in [-0.15, -0.1) is 11.3 Å². The second-order valence-corrected chi connectivity index (χ2v) is 5.83. The number of likely N-dealkylation sites (tertiary alicyclic amines) is 1. The minimum Gasteiger partial charge on any atom is -0.476 e. The number of anilines is 1. The van der Waals surface area contributed by atoms with E-state index in [2.05, 4.69) is 29.0 Å². The van der Waals surface area contributed by atoms with E-state index in [1.165, 1.54) is 17.8 Å². The van der Waals surface area contributed by atoms with Crippen LogP contribution in [0.25, 0.3) is 0 Å². The topological polar surface area (TPSA) is 65.5 Å². The number of nitrogens with zero attached hydrogens (tertiary/aromatic N) is 2. The molecule has 2 heterocycles. The van der Waals surface area contributed by atoms with Crippen molar-refractivity contribution in [1.82, 2.24) is 9.88 Å². The molecule has 1 aliphatic heterocycles. The van der Waals surface area contributed by atoms with Gasteiger partial charge in [0.05, 0.1) is 0 Å². The molecule has 0 spiro atoms. The summed E-state index contributed by atoms with van der Waals surface area (Å²) in [4.78, 5) is 17.2. The molecule has 0 saturated carbocycles. The van der Waals surface area contributed by atoms with Gasteiger partial charge in [-0.25, -0.2) is 9.78 Å². The van der Waals surface area contributed by atoms with Gasteiger partial charge in [-0.1, -0.05) is 0 Å². The van der Waals surface area contributed by atoms with E-state index in [-0.39, 0.29) is 5.69 Å². The first-order valence-corrected chi connectivity index (χ1v) is 7.11. The monoisotopic (exact) mass is 269 g/mol. The molecule has 1 unspecified atom stereocenters. The summed E-state index contributed by atoms with van der Waals surface area (Å²) in [6.07, 6.45) is 1.20. The average Bonchev–Trinajstić information content (AvgIpc) is 2.95. The molecule has 0 bridgehead atoms. The Kier molecular flexibility index (Phi) is 4.19. The Labute approximate surface area is 111 Å². The van der Waals surface area contributed by atoms with Crippen molar-refractivity contribution in [3.05, 3.63) is 11.1 Å². The second-order valence-electron chi connectivity index (χ2n) is 4.97. The van der Waals surface area contributed by atoms with Crippen LogP contribution >= 0.6 is 11.3 Å². The lowest BCUT2D eigenvalue weighted by atomic mass is 10.1. The Balaban J connectivity index is 1.80. The number of hydrogen-bond donors (Lipinski definition) is 2. The number of aromatic carboxylic acids is 1. The highest BCUT2D eigenvalue weighted by Gasteiger charge is 2.24. The summed E-state index contributed by atoms with van der Waals surface area (Å²) in [7, 11) is 0. The lowest BCUT2D eigenvalue weighted by Gasteiger charge is -2.20. The van der Waals surface area contributed by atoms with Gasteiger partial charge in [-0.3, -0.25) is 0 Å². The van der Waals surface area contributed by atoms with E-state index in [4.69, 9.17) is 5.11 Å². The predicted octanol–water partition coefficient (Wildman–Crippen LogP) is 1.98. The van der Waals surface area contributed by atoms with E-state index in [0.29, 0.717) is 17.1 Å². The molecule has 2 N–H and O–H groups in total. The van der Waals surface area contributed by atoms with Gasteiger partial charge in [-0.05, 0) is 32.7 Å². The smallest absolute Gasteiger partial charge is 0.355 e. The molecular formula is C12H19N3O2S. The van der Waals surface area contributed by atoms with Crippen molar-refractivity contribution in [3.8, 4) is 0 Å². The zero-order chi connectivity index (χ0) is 13.1. The van der Waals surface area contributed by atoms with E-state index >= 15 is 0 Å². The molecule has 5 nitrogen and oxygen atoms in total. The third-order valence-corrected chi connectivity index (χ3v) is 4.11. The number of nitrogens with one attached hydrogen (secondary N) is 1. The first-order chi connectivity index (χ1) is 8.56. The van der Waals surface area contributed by atoms with E-state index in [9.17, 15) is 4.79 Å². The van der Waals surface area contributed by atoms with Crippen LogP contribution in [0.4, 0.5) is 5.13 Å². The lowest BCUT2D eigenvalue weighted by Crippen LogP contribution is -2.29. The number of rotatable bonds is 5. The largest absolute Gasteiger partial charge is 0.476 e. The average molecular weight is 269 g/mol. The molecule has 1 aliphatic rings. The van der Waals surface area contributed by atoms with Crippen LogP contribution in [0.2, 0.25) is 0 Å². The molecule has 0 aromatic carbocycles. The van der Waals surface area contributed by atoms with Crippen LogP contribution in [0.1, 0.15) is 30.8 Å². The summed E-state index contributed by atoms with van der Waals surface area (Å²) in [6, 6.07) is 0.605. The molecule has 0 amide bonds. The van der Waals surface area contributed by atoms with Crippen LogP contribution in [0, 0.1) is 5.92 Å². The molecule has 0 radical (unpaired) electrons. The maximum Gasteiger partial charge on any atom is 0.355 e. The molecule has 0 aliphatic carbocycles. The summed E-state index contributed by atoms with van der Waals surface area (Å²) in [5.41, 5.74) is 0.123. The molecule has 100 valence electrons. The predicted molar refractivity (Wildman–Crippen MR) is 72.4 cm³/mol. The number of hydrogen-bond acceptors (Lipinski definition) is 5. The Hall–Kier alpha value is -1.14. The van der Waals surface area contributed by atoms with Gasteiger partial charge in [0.2, 0.25) is 0 Å². The van der Waals surface area contributed by atoms with Gasteiger partial charge in [0.25, 0.3) is 0 Å². The fourth-order valence-electron chi connectivity index (χ4n) is 2.18. The molecular weight excluding hydrogens is 250 g/mol. The van der Waals surface area contributed by atoms with Crippen molar-refractivity contribution in [3.63, 3.8) is 0 Å². The zero-order valence-electron chi connectivity index (χ0n) is 10.7. The number of carboxylic acids is 1. The van der Waals surface area contributed by atoms with E-state index in [1.54, 1.807) is 5.38 Å². The highest BCUT2D eigenvalue weighted by molar-refractivity contribution is 7.13. The molecule has 2 rings (SSSR count). The van der Waals surface area contributed by atoms with Crippen molar-refractivity contribution in [2.45, 2.75) is 26.3 Å². The minimum absolute atomic E-state index is 0.123. The lowest BCUT2D eigenvalue weighted by molar-refractivity contribution is 0.0691. The maximum absolute atomic E-state index is 10.7. The first-order valence-electron chi connectivity index (χ1n) is 6.23. The van der Waals surface area contributed by atoms with Gasteiger partial charge in [-0.2, -0.15) is 0 Å². The van der Waals surface area contributed by atoms with Crippen molar-refractivity contribution in [1.29, 1.82) is 0 Å². The Morgan fingerprint density at radius 2 is 2.50 bits per heavy atom. The second kappa shape index (κ2) is 5.67. The van der Waals surface area contributed by atoms with E-state index < -0.39 is 5.97 Å². The summed E-state index contributed by atoms with van der Waals surface area (Å²) in [5, 5.41) is 14.3. The van der Waals surface area contributed by atoms with Crippen LogP contribution in [-0.2, 0) is 0 Å². The van der Waals surface area contributed by atoms with Gasteiger partial charge in [0, 0.05) is 24.5 Å². The van der Waals surface area contributed by atoms with Crippen molar-refractivity contribution < 1.29 is 9.90 Å². The van der Waals surface area contributed by atoms with Crippen molar-refractivity contribution in [2.24, 2.45) is 5.92 Å². The quantitative estimate of drug-likeness (QED) is 0.855. The van der Waals surface area contributed by atoms with Crippen molar-refractivity contribution in [2.75, 3.05) is 25.0 Å². The number of carbonyl (C=O) groups is 1. The highest BCUT2D eigenvalue weighted by atomic mass is 32.1. The molecule has 1 atom stereocenters. The van der Waals surface area contributed by atoms with Crippen molar-refractivity contribution >= 4 is 22.4 Å². The molecule has 1 saturated heterocycles.